The average Bonchev–Trinajstić information content (AvgIpc) is 3.29. The summed E-state index contributed by atoms with van der Waals surface area (Å²) < 4.78 is 12.1. The molecule has 126 valence electrons. The van der Waals surface area contributed by atoms with Gasteiger partial charge in [0, 0.05) is 18.0 Å². The Morgan fingerprint density at radius 1 is 1.28 bits per heavy atom. The molecule has 0 fully saturated rings. The highest BCUT2D eigenvalue weighted by Gasteiger charge is 2.15. The minimum atomic E-state index is -0.176. The summed E-state index contributed by atoms with van der Waals surface area (Å²) >= 11 is 1.23. The van der Waals surface area contributed by atoms with Crippen LogP contribution in [0.3, 0.4) is 0 Å². The fourth-order valence-corrected chi connectivity index (χ4v) is 2.90. The maximum Gasteiger partial charge on any atom is 0.234 e. The highest BCUT2D eigenvalue weighted by Crippen LogP contribution is 2.34. The van der Waals surface area contributed by atoms with Crippen LogP contribution in [0.15, 0.2) is 47.9 Å². The molecule has 3 heterocycles. The van der Waals surface area contributed by atoms with Gasteiger partial charge in [-0.25, -0.2) is 0 Å². The van der Waals surface area contributed by atoms with Crippen molar-refractivity contribution < 1.29 is 14.3 Å². The number of carbonyl (C=O) groups excluding carboxylic acids is 1. The molecular weight excluding hydrogens is 344 g/mol. The van der Waals surface area contributed by atoms with Gasteiger partial charge in [0.25, 0.3) is 0 Å². The number of hydrogen-bond donors (Lipinski definition) is 1. The van der Waals surface area contributed by atoms with Crippen LogP contribution in [0.1, 0.15) is 0 Å². The fourth-order valence-electron chi connectivity index (χ4n) is 2.21. The monoisotopic (exact) mass is 356 g/mol. The minimum absolute atomic E-state index is 0.162. The number of anilines is 1. The molecule has 0 radical (unpaired) electrons. The van der Waals surface area contributed by atoms with Gasteiger partial charge in [0.2, 0.25) is 17.9 Å². The lowest BCUT2D eigenvalue weighted by Crippen LogP contribution is -2.14. The first-order valence-electron chi connectivity index (χ1n) is 7.31. The van der Waals surface area contributed by atoms with Crippen molar-refractivity contribution in [1.82, 2.24) is 25.2 Å². The number of nitrogens with zero attached hydrogens (tertiary/aromatic N) is 5. The van der Waals surface area contributed by atoms with Crippen molar-refractivity contribution in [2.24, 2.45) is 0 Å². The van der Waals surface area contributed by atoms with E-state index in [0.29, 0.717) is 22.3 Å². The number of tetrazole rings is 1. The van der Waals surface area contributed by atoms with Gasteiger partial charge in [-0.3, -0.25) is 9.78 Å². The van der Waals surface area contributed by atoms with Crippen LogP contribution in [0.2, 0.25) is 0 Å². The summed E-state index contributed by atoms with van der Waals surface area (Å²) in [4.78, 5) is 16.2. The minimum Gasteiger partial charge on any atom is -0.454 e. The Kier molecular flexibility index (Phi) is 4.17. The van der Waals surface area contributed by atoms with Crippen molar-refractivity contribution in [2.75, 3.05) is 17.9 Å². The van der Waals surface area contributed by atoms with Gasteiger partial charge in [0.05, 0.1) is 17.6 Å². The average molecular weight is 356 g/mol. The highest BCUT2D eigenvalue weighted by atomic mass is 32.2. The van der Waals surface area contributed by atoms with Crippen molar-refractivity contribution in [1.29, 1.82) is 0 Å². The van der Waals surface area contributed by atoms with E-state index in [1.54, 1.807) is 36.7 Å². The van der Waals surface area contributed by atoms with Crippen molar-refractivity contribution in [3.8, 4) is 17.2 Å². The predicted molar refractivity (Wildman–Crippen MR) is 88.9 cm³/mol. The Morgan fingerprint density at radius 3 is 3.08 bits per heavy atom. The molecule has 4 rings (SSSR count). The molecule has 10 heteroatoms. The Balaban J connectivity index is 1.39. The van der Waals surface area contributed by atoms with E-state index >= 15 is 0 Å². The summed E-state index contributed by atoms with van der Waals surface area (Å²) in [5.41, 5.74) is 1.37. The molecule has 1 aliphatic rings. The van der Waals surface area contributed by atoms with Gasteiger partial charge in [0.15, 0.2) is 11.5 Å². The zero-order valence-electron chi connectivity index (χ0n) is 12.8. The number of aromatic nitrogens is 5. The van der Waals surface area contributed by atoms with Crippen molar-refractivity contribution in [2.45, 2.75) is 5.16 Å². The van der Waals surface area contributed by atoms with E-state index in [0.717, 1.165) is 5.69 Å². The molecule has 0 aliphatic carbocycles. The number of pyridine rings is 1. The van der Waals surface area contributed by atoms with Crippen LogP contribution in [0.4, 0.5) is 5.69 Å². The molecular formula is C15H12N6O3S. The van der Waals surface area contributed by atoms with E-state index < -0.39 is 0 Å². The first-order chi connectivity index (χ1) is 12.3. The van der Waals surface area contributed by atoms with Crippen molar-refractivity contribution in [3.05, 3.63) is 42.7 Å². The fraction of sp³-hybridized carbons (Fsp3) is 0.133. The topological polar surface area (TPSA) is 104 Å². The van der Waals surface area contributed by atoms with Crippen LogP contribution in [0.25, 0.3) is 5.69 Å². The van der Waals surface area contributed by atoms with E-state index in [2.05, 4.69) is 25.8 Å². The quantitative estimate of drug-likeness (QED) is 0.686. The van der Waals surface area contributed by atoms with E-state index in [1.807, 2.05) is 6.07 Å². The Labute approximate surface area is 146 Å². The van der Waals surface area contributed by atoms with Crippen LogP contribution < -0.4 is 14.8 Å². The molecule has 1 N–H and O–H groups in total. The van der Waals surface area contributed by atoms with E-state index in [1.165, 1.54) is 16.4 Å². The Hall–Kier alpha value is -3.14. The van der Waals surface area contributed by atoms with Crippen LogP contribution in [0, 0.1) is 0 Å². The van der Waals surface area contributed by atoms with Gasteiger partial charge >= 0.3 is 0 Å². The SMILES string of the molecule is O=C(CSc1nnnn1-c1cccnc1)Nc1ccc2c(c1)OCO2. The Bertz CT molecular complexity index is 901. The molecule has 25 heavy (non-hydrogen) atoms. The van der Waals surface area contributed by atoms with Crippen LogP contribution in [0.5, 0.6) is 11.5 Å². The van der Waals surface area contributed by atoms with Crippen molar-refractivity contribution in [3.63, 3.8) is 0 Å². The van der Waals surface area contributed by atoms with Gasteiger partial charge < -0.3 is 14.8 Å². The number of benzene rings is 1. The molecule has 3 aromatic rings. The summed E-state index contributed by atoms with van der Waals surface area (Å²) in [7, 11) is 0. The first-order valence-corrected chi connectivity index (χ1v) is 8.29. The summed E-state index contributed by atoms with van der Waals surface area (Å²) in [6.07, 6.45) is 3.31. The molecule has 2 aromatic heterocycles. The van der Waals surface area contributed by atoms with Crippen LogP contribution >= 0.6 is 11.8 Å². The van der Waals surface area contributed by atoms with E-state index in [9.17, 15) is 4.79 Å². The van der Waals surface area contributed by atoms with Gasteiger partial charge in [0.1, 0.15) is 0 Å². The third-order valence-electron chi connectivity index (χ3n) is 3.32. The summed E-state index contributed by atoms with van der Waals surface area (Å²) in [6, 6.07) is 8.87. The number of nitrogens with one attached hydrogen (secondary N) is 1. The number of amides is 1. The molecule has 1 aromatic carbocycles. The maximum absolute atomic E-state index is 12.2. The first kappa shape index (κ1) is 15.4. The molecule has 1 aliphatic heterocycles. The number of rotatable bonds is 5. The zero-order valence-corrected chi connectivity index (χ0v) is 13.6. The zero-order chi connectivity index (χ0) is 17.1. The lowest BCUT2D eigenvalue weighted by molar-refractivity contribution is -0.113. The van der Waals surface area contributed by atoms with Crippen LogP contribution in [-0.2, 0) is 4.79 Å². The number of fused-ring (bicyclic) bond motifs is 1. The second kappa shape index (κ2) is 6.77. The van der Waals surface area contributed by atoms with Crippen molar-refractivity contribution >= 4 is 23.4 Å². The Morgan fingerprint density at radius 2 is 2.20 bits per heavy atom. The molecule has 0 atom stereocenters. The molecule has 0 saturated carbocycles. The van der Waals surface area contributed by atoms with Gasteiger partial charge in [-0.15, -0.1) is 5.10 Å². The normalized spacial score (nSPS) is 12.2. The third kappa shape index (κ3) is 3.38. The largest absolute Gasteiger partial charge is 0.454 e. The number of hydrogen-bond acceptors (Lipinski definition) is 8. The lowest BCUT2D eigenvalue weighted by atomic mass is 10.3. The molecule has 0 saturated heterocycles. The maximum atomic E-state index is 12.2. The summed E-state index contributed by atoms with van der Waals surface area (Å²) in [5, 5.41) is 14.8. The molecule has 9 nitrogen and oxygen atoms in total. The standard InChI is InChI=1S/C15H12N6O3S/c22-14(17-10-3-4-12-13(6-10)24-9-23-12)8-25-15-18-19-20-21(15)11-2-1-5-16-7-11/h1-7H,8-9H2,(H,17,22). The van der Waals surface area contributed by atoms with Crippen LogP contribution in [-0.4, -0.2) is 43.6 Å². The van der Waals surface area contributed by atoms with E-state index in [4.69, 9.17) is 9.47 Å². The smallest absolute Gasteiger partial charge is 0.234 e. The molecule has 1 amide bonds. The summed E-state index contributed by atoms with van der Waals surface area (Å²) in [5.74, 6) is 1.27. The second-order valence-corrected chi connectivity index (χ2v) is 5.93. The third-order valence-corrected chi connectivity index (χ3v) is 4.24. The summed E-state index contributed by atoms with van der Waals surface area (Å²) in [6.45, 7) is 0.194. The van der Waals surface area contributed by atoms with Gasteiger partial charge in [-0.2, -0.15) is 4.68 Å². The highest BCUT2D eigenvalue weighted by molar-refractivity contribution is 7.99. The lowest BCUT2D eigenvalue weighted by Gasteiger charge is -2.06. The van der Waals surface area contributed by atoms with Gasteiger partial charge in [-0.1, -0.05) is 11.8 Å². The number of carbonyl (C=O) groups is 1. The predicted octanol–water partition coefficient (Wildman–Crippen LogP) is 1.52. The molecule has 0 unspecified atom stereocenters. The second-order valence-electron chi connectivity index (χ2n) is 4.99. The van der Waals surface area contributed by atoms with Gasteiger partial charge in [-0.05, 0) is 34.7 Å². The number of thioether (sulfide) groups is 1. The molecule has 0 spiro atoms. The number of ether oxygens (including phenoxy) is 2. The van der Waals surface area contributed by atoms with E-state index in [-0.39, 0.29) is 18.5 Å². The molecule has 0 bridgehead atoms.